The van der Waals surface area contributed by atoms with Crippen molar-refractivity contribution in [3.8, 4) is 28.5 Å². The Labute approximate surface area is 174 Å². The number of rotatable bonds is 3. The van der Waals surface area contributed by atoms with E-state index in [0.717, 1.165) is 22.4 Å². The van der Waals surface area contributed by atoms with E-state index < -0.39 is 5.60 Å². The van der Waals surface area contributed by atoms with Crippen LogP contribution in [0, 0.1) is 11.3 Å². The zero-order valence-corrected chi connectivity index (χ0v) is 17.0. The van der Waals surface area contributed by atoms with Crippen LogP contribution in [-0.4, -0.2) is 26.2 Å². The lowest BCUT2D eigenvalue weighted by molar-refractivity contribution is 0.00695. The standard InChI is InChI=1S/C24H20N4O2/c1-24(2,3)30-23(29)18-9-7-17(8-10-18)21-15-26-22-12-20(14-27-28(21)22)19-6-4-5-16(11-19)13-25/h4-12,14-15H,1-3H3. The van der Waals surface area contributed by atoms with Crippen LogP contribution in [0.3, 0.4) is 0 Å². The van der Waals surface area contributed by atoms with Crippen molar-refractivity contribution in [2.24, 2.45) is 0 Å². The Morgan fingerprint density at radius 3 is 2.47 bits per heavy atom. The van der Waals surface area contributed by atoms with Crippen molar-refractivity contribution in [2.45, 2.75) is 26.4 Å². The molecule has 6 nitrogen and oxygen atoms in total. The molecule has 2 aromatic heterocycles. The molecule has 0 aliphatic carbocycles. The van der Waals surface area contributed by atoms with Gasteiger partial charge in [0.15, 0.2) is 5.65 Å². The van der Waals surface area contributed by atoms with Crippen molar-refractivity contribution < 1.29 is 9.53 Å². The van der Waals surface area contributed by atoms with Gasteiger partial charge in [0, 0.05) is 11.1 Å². The highest BCUT2D eigenvalue weighted by atomic mass is 16.6. The molecule has 148 valence electrons. The van der Waals surface area contributed by atoms with Gasteiger partial charge < -0.3 is 4.74 Å². The predicted molar refractivity (Wildman–Crippen MR) is 114 cm³/mol. The molecule has 4 rings (SSSR count). The number of carbonyl (C=O) groups excluding carboxylic acids is 1. The zero-order valence-electron chi connectivity index (χ0n) is 17.0. The second-order valence-corrected chi connectivity index (χ2v) is 7.93. The molecule has 0 unspecified atom stereocenters. The van der Waals surface area contributed by atoms with Crippen LogP contribution < -0.4 is 0 Å². The number of imidazole rings is 1. The highest BCUT2D eigenvalue weighted by Crippen LogP contribution is 2.25. The number of esters is 1. The van der Waals surface area contributed by atoms with Gasteiger partial charge in [-0.25, -0.2) is 14.3 Å². The van der Waals surface area contributed by atoms with Gasteiger partial charge in [-0.05, 0) is 56.7 Å². The average Bonchev–Trinajstić information content (AvgIpc) is 3.16. The summed E-state index contributed by atoms with van der Waals surface area (Å²) in [6, 6.07) is 18.7. The summed E-state index contributed by atoms with van der Waals surface area (Å²) in [5.74, 6) is -0.352. The summed E-state index contributed by atoms with van der Waals surface area (Å²) in [5, 5.41) is 13.6. The van der Waals surface area contributed by atoms with Crippen LogP contribution in [0.2, 0.25) is 0 Å². The van der Waals surface area contributed by atoms with E-state index >= 15 is 0 Å². The zero-order chi connectivity index (χ0) is 21.3. The van der Waals surface area contributed by atoms with Crippen LogP contribution in [0.5, 0.6) is 0 Å². The van der Waals surface area contributed by atoms with Gasteiger partial charge in [-0.2, -0.15) is 10.4 Å². The molecule has 0 aliphatic heterocycles. The van der Waals surface area contributed by atoms with Gasteiger partial charge >= 0.3 is 5.97 Å². The molecule has 0 amide bonds. The lowest BCUT2D eigenvalue weighted by Crippen LogP contribution is -2.23. The number of nitrogens with zero attached hydrogens (tertiary/aromatic N) is 4. The molecular formula is C24H20N4O2. The second-order valence-electron chi connectivity index (χ2n) is 7.93. The van der Waals surface area contributed by atoms with E-state index in [4.69, 9.17) is 10.00 Å². The molecule has 0 aliphatic rings. The van der Waals surface area contributed by atoms with Crippen molar-refractivity contribution in [2.75, 3.05) is 0 Å². The van der Waals surface area contributed by atoms with Crippen molar-refractivity contribution >= 4 is 11.6 Å². The molecule has 4 aromatic rings. The monoisotopic (exact) mass is 396 g/mol. The van der Waals surface area contributed by atoms with E-state index in [2.05, 4.69) is 16.2 Å². The number of nitriles is 1. The Bertz CT molecular complexity index is 1280. The predicted octanol–water partition coefficient (Wildman–Crippen LogP) is 4.89. The normalized spacial score (nSPS) is 11.3. The third-order valence-corrected chi connectivity index (χ3v) is 4.50. The van der Waals surface area contributed by atoms with Crippen molar-refractivity contribution in [1.29, 1.82) is 5.26 Å². The maximum Gasteiger partial charge on any atom is 0.338 e. The molecule has 0 spiro atoms. The van der Waals surface area contributed by atoms with E-state index in [1.807, 2.05) is 57.2 Å². The first-order valence-electron chi connectivity index (χ1n) is 9.52. The van der Waals surface area contributed by atoms with Crippen LogP contribution in [0.1, 0.15) is 36.7 Å². The highest BCUT2D eigenvalue weighted by molar-refractivity contribution is 5.90. The molecule has 2 heterocycles. The van der Waals surface area contributed by atoms with E-state index in [9.17, 15) is 4.79 Å². The minimum absolute atomic E-state index is 0.352. The van der Waals surface area contributed by atoms with Gasteiger partial charge in [-0.15, -0.1) is 0 Å². The molecule has 2 aromatic carbocycles. The van der Waals surface area contributed by atoms with Crippen molar-refractivity contribution in [3.05, 3.63) is 78.1 Å². The van der Waals surface area contributed by atoms with E-state index in [-0.39, 0.29) is 5.97 Å². The summed E-state index contributed by atoms with van der Waals surface area (Å²) < 4.78 is 7.16. The molecular weight excluding hydrogens is 376 g/mol. The van der Waals surface area contributed by atoms with Gasteiger partial charge in [-0.3, -0.25) is 0 Å². The van der Waals surface area contributed by atoms with Crippen LogP contribution in [0.15, 0.2) is 67.0 Å². The number of aromatic nitrogens is 3. The van der Waals surface area contributed by atoms with Crippen molar-refractivity contribution in [1.82, 2.24) is 14.6 Å². The first-order chi connectivity index (χ1) is 14.3. The fraction of sp³-hybridized carbons (Fsp3) is 0.167. The summed E-state index contributed by atoms with van der Waals surface area (Å²) in [4.78, 5) is 16.7. The molecule has 6 heteroatoms. The van der Waals surface area contributed by atoms with Crippen LogP contribution in [0.25, 0.3) is 28.0 Å². The SMILES string of the molecule is CC(C)(C)OC(=O)c1ccc(-c2cnc3cc(-c4cccc(C#N)c4)cnn23)cc1. The summed E-state index contributed by atoms with van der Waals surface area (Å²) >= 11 is 0. The first-order valence-corrected chi connectivity index (χ1v) is 9.52. The Morgan fingerprint density at radius 2 is 1.77 bits per heavy atom. The van der Waals surface area contributed by atoms with Gasteiger partial charge in [0.25, 0.3) is 0 Å². The largest absolute Gasteiger partial charge is 0.456 e. The molecule has 0 bridgehead atoms. The van der Waals surface area contributed by atoms with E-state index in [1.54, 1.807) is 35.1 Å². The Morgan fingerprint density at radius 1 is 1.00 bits per heavy atom. The Kier molecular flexibility index (Phi) is 4.80. The minimum atomic E-state index is -0.536. The maximum absolute atomic E-state index is 12.2. The molecule has 30 heavy (non-hydrogen) atoms. The molecule has 0 saturated carbocycles. The number of hydrogen-bond acceptors (Lipinski definition) is 5. The Hall–Kier alpha value is -3.98. The molecule has 0 radical (unpaired) electrons. The first kappa shape index (κ1) is 19.3. The molecule has 0 fully saturated rings. The summed E-state index contributed by atoms with van der Waals surface area (Å²) in [6.45, 7) is 5.52. The summed E-state index contributed by atoms with van der Waals surface area (Å²) in [6.07, 6.45) is 3.50. The number of fused-ring (bicyclic) bond motifs is 1. The third kappa shape index (κ3) is 3.91. The molecule has 0 atom stereocenters. The number of carbonyl (C=O) groups is 1. The van der Waals surface area contributed by atoms with E-state index in [1.165, 1.54) is 0 Å². The highest BCUT2D eigenvalue weighted by Gasteiger charge is 2.18. The molecule has 0 N–H and O–H groups in total. The minimum Gasteiger partial charge on any atom is -0.456 e. The van der Waals surface area contributed by atoms with Gasteiger partial charge in [0.2, 0.25) is 0 Å². The lowest BCUT2D eigenvalue weighted by Gasteiger charge is -2.19. The number of hydrogen-bond donors (Lipinski definition) is 0. The topological polar surface area (TPSA) is 80.3 Å². The van der Waals surface area contributed by atoms with Crippen molar-refractivity contribution in [3.63, 3.8) is 0 Å². The second kappa shape index (κ2) is 7.45. The molecule has 0 saturated heterocycles. The van der Waals surface area contributed by atoms with Gasteiger partial charge in [0.05, 0.1) is 35.3 Å². The average molecular weight is 396 g/mol. The number of benzene rings is 2. The smallest absolute Gasteiger partial charge is 0.338 e. The summed E-state index contributed by atoms with van der Waals surface area (Å²) in [7, 11) is 0. The van der Waals surface area contributed by atoms with Crippen LogP contribution in [0.4, 0.5) is 0 Å². The quantitative estimate of drug-likeness (QED) is 0.461. The third-order valence-electron chi connectivity index (χ3n) is 4.50. The lowest BCUT2D eigenvalue weighted by atomic mass is 10.1. The van der Waals surface area contributed by atoms with Crippen LogP contribution in [-0.2, 0) is 4.74 Å². The van der Waals surface area contributed by atoms with Crippen LogP contribution >= 0.6 is 0 Å². The summed E-state index contributed by atoms with van der Waals surface area (Å²) in [5.41, 5.74) is 4.76. The maximum atomic E-state index is 12.2. The Balaban J connectivity index is 1.64. The fourth-order valence-corrected chi connectivity index (χ4v) is 3.11. The fourth-order valence-electron chi connectivity index (χ4n) is 3.11. The number of ether oxygens (including phenoxy) is 1. The van der Waals surface area contributed by atoms with Gasteiger partial charge in [0.1, 0.15) is 5.60 Å². The van der Waals surface area contributed by atoms with Gasteiger partial charge in [-0.1, -0.05) is 24.3 Å². The van der Waals surface area contributed by atoms with E-state index in [0.29, 0.717) is 16.8 Å².